The molecule has 1 saturated heterocycles. The fraction of sp³-hybridized carbons (Fsp3) is 0.200. The second-order valence-corrected chi connectivity index (χ2v) is 10.1. The molecule has 1 aliphatic rings. The maximum Gasteiger partial charge on any atom is 0.159 e. The monoisotopic (exact) mass is 503 g/mol. The minimum absolute atomic E-state index is 0.259. The first-order chi connectivity index (χ1) is 18.6. The van der Waals surface area contributed by atoms with Crippen molar-refractivity contribution in [3.63, 3.8) is 0 Å². The summed E-state index contributed by atoms with van der Waals surface area (Å²) in [6.07, 6.45) is 8.13. The summed E-state index contributed by atoms with van der Waals surface area (Å²) in [7, 11) is 0. The molecule has 0 spiro atoms. The molecule has 7 nitrogen and oxygen atoms in total. The Bertz CT molecular complexity index is 1780. The second kappa shape index (κ2) is 9.15. The number of likely N-dealkylation sites (tertiary alicyclic amines) is 1. The van der Waals surface area contributed by atoms with Gasteiger partial charge in [0.2, 0.25) is 0 Å². The van der Waals surface area contributed by atoms with E-state index in [4.69, 9.17) is 4.98 Å². The van der Waals surface area contributed by atoms with Gasteiger partial charge in [-0.3, -0.25) is 20.0 Å². The van der Waals surface area contributed by atoms with Crippen LogP contribution >= 0.6 is 0 Å². The highest BCUT2D eigenvalue weighted by molar-refractivity contribution is 5.97. The second-order valence-electron chi connectivity index (χ2n) is 10.1. The highest BCUT2D eigenvalue weighted by Gasteiger charge is 2.17. The molecular weight excluding hydrogens is 477 g/mol. The Balaban J connectivity index is 1.28. The van der Waals surface area contributed by atoms with Crippen LogP contribution in [-0.2, 0) is 6.54 Å². The van der Waals surface area contributed by atoms with E-state index in [0.717, 1.165) is 69.5 Å². The maximum absolute atomic E-state index is 14.2. The number of nitrogens with zero attached hydrogens (tertiary/aromatic N) is 5. The number of hydrogen-bond acceptors (Lipinski definition) is 5. The summed E-state index contributed by atoms with van der Waals surface area (Å²) in [6.45, 7) is 5.09. The average Bonchev–Trinajstić information content (AvgIpc) is 3.67. The number of hydrogen-bond donors (Lipinski definition) is 2. The Labute approximate surface area is 218 Å². The molecule has 0 atom stereocenters. The summed E-state index contributed by atoms with van der Waals surface area (Å²) in [5.41, 5.74) is 8.71. The number of H-pyrrole nitrogens is 2. The number of para-hydroxylation sites is 1. The third kappa shape index (κ3) is 4.13. The first kappa shape index (κ1) is 22.7. The van der Waals surface area contributed by atoms with E-state index in [1.54, 1.807) is 12.3 Å². The quantitative estimate of drug-likeness (QED) is 0.289. The van der Waals surface area contributed by atoms with Gasteiger partial charge in [-0.15, -0.1) is 0 Å². The van der Waals surface area contributed by atoms with Crippen LogP contribution < -0.4 is 0 Å². The Hall–Kier alpha value is -4.43. The number of nitrogens with one attached hydrogen (secondary N) is 2. The van der Waals surface area contributed by atoms with Crippen LogP contribution in [0.2, 0.25) is 0 Å². The molecule has 0 amide bonds. The first-order valence-electron chi connectivity index (χ1n) is 12.9. The molecule has 2 aromatic carbocycles. The Kier molecular flexibility index (Phi) is 5.47. The molecule has 6 aromatic rings. The molecule has 0 saturated carbocycles. The Morgan fingerprint density at radius 3 is 2.71 bits per heavy atom. The van der Waals surface area contributed by atoms with Gasteiger partial charge in [-0.2, -0.15) is 5.10 Å². The average molecular weight is 504 g/mol. The normalized spacial score (nSPS) is 14.2. The molecular formula is C30H26FN7. The molecule has 188 valence electrons. The topological polar surface area (TPSA) is 86.4 Å². The van der Waals surface area contributed by atoms with Gasteiger partial charge in [0, 0.05) is 35.5 Å². The Morgan fingerprint density at radius 1 is 0.947 bits per heavy atom. The van der Waals surface area contributed by atoms with Crippen molar-refractivity contribution in [2.75, 3.05) is 13.1 Å². The molecule has 38 heavy (non-hydrogen) atoms. The minimum Gasteiger partial charge on any atom is -0.337 e. The zero-order valence-electron chi connectivity index (χ0n) is 21.0. The van der Waals surface area contributed by atoms with Crippen LogP contribution in [-0.4, -0.2) is 48.1 Å². The van der Waals surface area contributed by atoms with E-state index in [1.165, 1.54) is 24.5 Å². The van der Waals surface area contributed by atoms with E-state index < -0.39 is 0 Å². The van der Waals surface area contributed by atoms with E-state index in [0.29, 0.717) is 11.5 Å². The summed E-state index contributed by atoms with van der Waals surface area (Å²) in [5.74, 6) is 0.384. The van der Waals surface area contributed by atoms with Crippen LogP contribution in [0.3, 0.4) is 0 Å². The lowest BCUT2D eigenvalue weighted by atomic mass is 10.0. The zero-order valence-corrected chi connectivity index (χ0v) is 21.0. The van der Waals surface area contributed by atoms with Gasteiger partial charge in [0.05, 0.1) is 28.4 Å². The summed E-state index contributed by atoms with van der Waals surface area (Å²) >= 11 is 0. The molecule has 1 fully saturated rings. The van der Waals surface area contributed by atoms with Crippen LogP contribution in [0, 0.1) is 12.7 Å². The lowest BCUT2D eigenvalue weighted by Crippen LogP contribution is -2.18. The summed E-state index contributed by atoms with van der Waals surface area (Å²) < 4.78 is 14.2. The van der Waals surface area contributed by atoms with E-state index in [2.05, 4.69) is 36.1 Å². The number of aryl methyl sites for hydroxylation is 1. The van der Waals surface area contributed by atoms with Crippen molar-refractivity contribution in [1.29, 1.82) is 0 Å². The maximum atomic E-state index is 14.2. The van der Waals surface area contributed by atoms with Gasteiger partial charge in [-0.1, -0.05) is 18.2 Å². The van der Waals surface area contributed by atoms with Crippen molar-refractivity contribution in [3.05, 3.63) is 84.1 Å². The lowest BCUT2D eigenvalue weighted by molar-refractivity contribution is 0.331. The molecule has 0 radical (unpaired) electrons. The molecule has 4 aromatic heterocycles. The van der Waals surface area contributed by atoms with Crippen molar-refractivity contribution < 1.29 is 4.39 Å². The van der Waals surface area contributed by atoms with Gasteiger partial charge >= 0.3 is 0 Å². The Morgan fingerprint density at radius 2 is 1.84 bits per heavy atom. The molecule has 2 N–H and O–H groups in total. The standard InChI is InChI=1S/C30H26FN7/c1-18-9-20(12-22(31)10-18)23-5-4-6-25-28(23)35-30(34-25)29-24-13-26(33-16-27(24)36-37-29)21-11-19(14-32-15-21)17-38-7-2-3-8-38/h4-6,9-16H,2-3,7-8,17H2,1H3,(H,34,35)(H,36,37). The highest BCUT2D eigenvalue weighted by Crippen LogP contribution is 2.33. The molecule has 7 rings (SSSR count). The fourth-order valence-corrected chi connectivity index (χ4v) is 5.44. The molecule has 1 aliphatic heterocycles. The van der Waals surface area contributed by atoms with Crippen molar-refractivity contribution in [3.8, 4) is 33.9 Å². The van der Waals surface area contributed by atoms with Crippen LogP contribution in [0.4, 0.5) is 4.39 Å². The van der Waals surface area contributed by atoms with Crippen LogP contribution in [0.5, 0.6) is 0 Å². The zero-order chi connectivity index (χ0) is 25.6. The predicted octanol–water partition coefficient (Wildman–Crippen LogP) is 6.27. The van der Waals surface area contributed by atoms with Gasteiger partial charge in [0.1, 0.15) is 11.5 Å². The van der Waals surface area contributed by atoms with Crippen molar-refractivity contribution >= 4 is 21.9 Å². The number of aromatic nitrogens is 6. The number of fused-ring (bicyclic) bond motifs is 2. The fourth-order valence-electron chi connectivity index (χ4n) is 5.44. The number of benzene rings is 2. The van der Waals surface area contributed by atoms with Crippen molar-refractivity contribution in [2.24, 2.45) is 0 Å². The van der Waals surface area contributed by atoms with Gasteiger partial charge < -0.3 is 4.98 Å². The van der Waals surface area contributed by atoms with E-state index >= 15 is 0 Å². The lowest BCUT2D eigenvalue weighted by Gasteiger charge is -2.14. The van der Waals surface area contributed by atoms with Crippen LogP contribution in [0.1, 0.15) is 24.0 Å². The molecule has 0 aliphatic carbocycles. The predicted molar refractivity (Wildman–Crippen MR) is 147 cm³/mol. The largest absolute Gasteiger partial charge is 0.337 e. The number of halogens is 1. The highest BCUT2D eigenvalue weighted by atomic mass is 19.1. The smallest absolute Gasteiger partial charge is 0.159 e. The van der Waals surface area contributed by atoms with Gasteiger partial charge in [0.25, 0.3) is 0 Å². The molecule has 0 unspecified atom stereocenters. The van der Waals surface area contributed by atoms with E-state index in [9.17, 15) is 4.39 Å². The van der Waals surface area contributed by atoms with Crippen molar-refractivity contribution in [1.82, 2.24) is 35.0 Å². The van der Waals surface area contributed by atoms with Gasteiger partial charge in [-0.05, 0) is 79.9 Å². The molecule has 8 heteroatoms. The third-order valence-electron chi connectivity index (χ3n) is 7.23. The summed E-state index contributed by atoms with van der Waals surface area (Å²) in [6, 6.07) is 15.1. The number of rotatable bonds is 5. The van der Waals surface area contributed by atoms with Gasteiger partial charge in [-0.25, -0.2) is 9.37 Å². The number of imidazole rings is 1. The van der Waals surface area contributed by atoms with Crippen molar-refractivity contribution in [2.45, 2.75) is 26.3 Å². The van der Waals surface area contributed by atoms with E-state index in [1.807, 2.05) is 49.6 Å². The first-order valence-corrected chi connectivity index (χ1v) is 12.9. The van der Waals surface area contributed by atoms with Gasteiger partial charge in [0.15, 0.2) is 5.82 Å². The summed E-state index contributed by atoms with van der Waals surface area (Å²) in [5, 5.41) is 8.58. The SMILES string of the molecule is Cc1cc(F)cc(-c2cccc3[nH]c(-c4n[nH]c5cnc(-c6cncc(CN7CCCC7)c6)cc45)nc23)c1. The minimum atomic E-state index is -0.259. The molecule has 0 bridgehead atoms. The molecule has 5 heterocycles. The van der Waals surface area contributed by atoms with Crippen LogP contribution in [0.15, 0.2) is 67.1 Å². The third-order valence-corrected chi connectivity index (χ3v) is 7.23. The van der Waals surface area contributed by atoms with E-state index in [-0.39, 0.29) is 5.82 Å². The number of pyridine rings is 2. The number of aromatic amines is 2. The summed E-state index contributed by atoms with van der Waals surface area (Å²) in [4.78, 5) is 20.0. The van der Waals surface area contributed by atoms with Crippen LogP contribution in [0.25, 0.3) is 55.8 Å².